The normalized spacial score (nSPS) is 12.6. The molecular formula is C15H22BrClO2. The number of ether oxygens (including phenoxy) is 2. The molecule has 0 bridgehead atoms. The topological polar surface area (TPSA) is 18.5 Å². The van der Waals surface area contributed by atoms with Crippen molar-refractivity contribution in [1.82, 2.24) is 0 Å². The Morgan fingerprint density at radius 1 is 1.26 bits per heavy atom. The number of hydrogen-bond acceptors (Lipinski definition) is 2. The summed E-state index contributed by atoms with van der Waals surface area (Å²) in [5, 5.41) is 1.35. The highest BCUT2D eigenvalue weighted by Crippen LogP contribution is 2.37. The molecule has 0 spiro atoms. The van der Waals surface area contributed by atoms with Crippen molar-refractivity contribution in [2.75, 3.05) is 13.7 Å². The zero-order chi connectivity index (χ0) is 14.4. The van der Waals surface area contributed by atoms with E-state index in [1.165, 1.54) is 0 Å². The number of rotatable bonds is 7. The third-order valence-corrected chi connectivity index (χ3v) is 3.76. The molecule has 1 aromatic carbocycles. The van der Waals surface area contributed by atoms with Crippen molar-refractivity contribution >= 4 is 27.5 Å². The number of benzene rings is 1. The Labute approximate surface area is 129 Å². The molecule has 1 aromatic rings. The maximum Gasteiger partial charge on any atom is 0.179 e. The van der Waals surface area contributed by atoms with Gasteiger partial charge in [-0.1, -0.05) is 48.3 Å². The molecule has 2 nitrogen and oxygen atoms in total. The maximum absolute atomic E-state index is 6.26. The van der Waals surface area contributed by atoms with Gasteiger partial charge in [0.05, 0.1) is 18.7 Å². The summed E-state index contributed by atoms with van der Waals surface area (Å²) in [6.45, 7) is 7.28. The van der Waals surface area contributed by atoms with Gasteiger partial charge in [-0.15, -0.1) is 0 Å². The second-order valence-corrected chi connectivity index (χ2v) is 6.26. The van der Waals surface area contributed by atoms with Gasteiger partial charge >= 0.3 is 0 Å². The van der Waals surface area contributed by atoms with Crippen LogP contribution in [0.2, 0.25) is 5.02 Å². The van der Waals surface area contributed by atoms with E-state index in [0.717, 1.165) is 17.3 Å². The molecule has 0 aromatic heterocycles. The summed E-state index contributed by atoms with van der Waals surface area (Å²) in [5.41, 5.74) is 1.07. The van der Waals surface area contributed by atoms with E-state index < -0.39 is 0 Å². The van der Waals surface area contributed by atoms with E-state index >= 15 is 0 Å². The van der Waals surface area contributed by atoms with Crippen molar-refractivity contribution < 1.29 is 9.47 Å². The third-order valence-electron chi connectivity index (χ3n) is 2.83. The van der Waals surface area contributed by atoms with Crippen LogP contribution < -0.4 is 9.47 Å². The zero-order valence-corrected chi connectivity index (χ0v) is 14.3. The van der Waals surface area contributed by atoms with Crippen LogP contribution in [0.3, 0.4) is 0 Å². The molecule has 0 aliphatic heterocycles. The summed E-state index contributed by atoms with van der Waals surface area (Å²) in [6.07, 6.45) is 1.14. The number of halogens is 2. The number of hydrogen-bond donors (Lipinski definition) is 0. The maximum atomic E-state index is 6.26. The van der Waals surface area contributed by atoms with Crippen LogP contribution >= 0.6 is 27.5 Å². The first kappa shape index (κ1) is 16.6. The lowest BCUT2D eigenvalue weighted by Crippen LogP contribution is -2.11. The molecule has 0 fully saturated rings. The van der Waals surface area contributed by atoms with E-state index in [9.17, 15) is 0 Å². The molecule has 0 aliphatic carbocycles. The van der Waals surface area contributed by atoms with E-state index in [2.05, 4.69) is 36.7 Å². The van der Waals surface area contributed by atoms with Gasteiger partial charge in [0.25, 0.3) is 0 Å². The second kappa shape index (κ2) is 8.01. The van der Waals surface area contributed by atoms with Crippen LogP contribution in [0.1, 0.15) is 32.8 Å². The average molecular weight is 350 g/mol. The third kappa shape index (κ3) is 5.23. The van der Waals surface area contributed by atoms with E-state index in [1.807, 2.05) is 12.1 Å². The molecule has 1 unspecified atom stereocenters. The SMILES string of the molecule is COc1cc(CBr)cc(Cl)c1OCC(C)CC(C)C. The molecule has 19 heavy (non-hydrogen) atoms. The Morgan fingerprint density at radius 3 is 2.47 bits per heavy atom. The molecule has 0 saturated heterocycles. The Morgan fingerprint density at radius 2 is 1.95 bits per heavy atom. The van der Waals surface area contributed by atoms with E-state index in [4.69, 9.17) is 21.1 Å². The van der Waals surface area contributed by atoms with Gasteiger partial charge in [0, 0.05) is 5.33 Å². The lowest BCUT2D eigenvalue weighted by Gasteiger charge is -2.18. The summed E-state index contributed by atoms with van der Waals surface area (Å²) in [5.74, 6) is 2.51. The quantitative estimate of drug-likeness (QED) is 0.621. The summed E-state index contributed by atoms with van der Waals surface area (Å²) >= 11 is 9.67. The Kier molecular flexibility index (Phi) is 7.01. The van der Waals surface area contributed by atoms with Gasteiger partial charge < -0.3 is 9.47 Å². The van der Waals surface area contributed by atoms with Crippen LogP contribution in [-0.4, -0.2) is 13.7 Å². The highest BCUT2D eigenvalue weighted by atomic mass is 79.9. The zero-order valence-electron chi connectivity index (χ0n) is 12.0. The van der Waals surface area contributed by atoms with Crippen LogP contribution in [0, 0.1) is 11.8 Å². The fraction of sp³-hybridized carbons (Fsp3) is 0.600. The van der Waals surface area contributed by atoms with Gasteiger partial charge in [0.1, 0.15) is 0 Å². The van der Waals surface area contributed by atoms with Crippen LogP contribution in [0.25, 0.3) is 0 Å². The second-order valence-electron chi connectivity index (χ2n) is 5.29. The molecule has 0 N–H and O–H groups in total. The molecule has 0 saturated carbocycles. The first-order valence-electron chi connectivity index (χ1n) is 6.53. The van der Waals surface area contributed by atoms with E-state index in [1.54, 1.807) is 7.11 Å². The smallest absolute Gasteiger partial charge is 0.179 e. The van der Waals surface area contributed by atoms with Crippen molar-refractivity contribution in [3.63, 3.8) is 0 Å². The molecule has 0 heterocycles. The lowest BCUT2D eigenvalue weighted by molar-refractivity contribution is 0.229. The minimum atomic E-state index is 0.497. The molecule has 0 amide bonds. The van der Waals surface area contributed by atoms with Crippen molar-refractivity contribution in [3.8, 4) is 11.5 Å². The van der Waals surface area contributed by atoms with Crippen molar-refractivity contribution in [1.29, 1.82) is 0 Å². The molecule has 1 rings (SSSR count). The monoisotopic (exact) mass is 348 g/mol. The molecule has 0 aliphatic rings. The standard InChI is InChI=1S/C15H22BrClO2/c1-10(2)5-11(3)9-19-15-13(17)6-12(8-16)7-14(15)18-4/h6-7,10-11H,5,8-9H2,1-4H3. The molecule has 4 heteroatoms. The fourth-order valence-corrected chi connectivity index (χ4v) is 2.70. The van der Waals surface area contributed by atoms with Crippen LogP contribution in [0.15, 0.2) is 12.1 Å². The molecular weight excluding hydrogens is 328 g/mol. The molecule has 108 valence electrons. The minimum Gasteiger partial charge on any atom is -0.493 e. The van der Waals surface area contributed by atoms with Gasteiger partial charge in [-0.05, 0) is 36.0 Å². The number of methoxy groups -OCH3 is 1. The highest BCUT2D eigenvalue weighted by molar-refractivity contribution is 9.08. The largest absolute Gasteiger partial charge is 0.493 e. The van der Waals surface area contributed by atoms with E-state index in [-0.39, 0.29) is 0 Å². The summed E-state index contributed by atoms with van der Waals surface area (Å²) in [7, 11) is 1.63. The van der Waals surface area contributed by atoms with E-state index in [0.29, 0.717) is 35.0 Å². The van der Waals surface area contributed by atoms with Gasteiger partial charge in [0.2, 0.25) is 0 Å². The Bertz CT molecular complexity index is 407. The van der Waals surface area contributed by atoms with Gasteiger partial charge in [-0.25, -0.2) is 0 Å². The minimum absolute atomic E-state index is 0.497. The number of alkyl halides is 1. The van der Waals surface area contributed by atoms with Crippen molar-refractivity contribution in [3.05, 3.63) is 22.7 Å². The van der Waals surface area contributed by atoms with Gasteiger partial charge in [-0.3, -0.25) is 0 Å². The predicted molar refractivity (Wildman–Crippen MR) is 84.7 cm³/mol. The van der Waals surface area contributed by atoms with Crippen molar-refractivity contribution in [2.24, 2.45) is 11.8 Å². The van der Waals surface area contributed by atoms with Gasteiger partial charge in [-0.2, -0.15) is 0 Å². The first-order valence-corrected chi connectivity index (χ1v) is 8.03. The highest BCUT2D eigenvalue weighted by Gasteiger charge is 2.14. The van der Waals surface area contributed by atoms with Crippen LogP contribution in [0.5, 0.6) is 11.5 Å². The van der Waals surface area contributed by atoms with Crippen molar-refractivity contribution in [2.45, 2.75) is 32.5 Å². The average Bonchev–Trinajstić information content (AvgIpc) is 2.35. The summed E-state index contributed by atoms with van der Waals surface area (Å²) < 4.78 is 11.2. The molecule has 1 atom stereocenters. The van der Waals surface area contributed by atoms with Crippen LogP contribution in [-0.2, 0) is 5.33 Å². The van der Waals surface area contributed by atoms with Gasteiger partial charge in [0.15, 0.2) is 11.5 Å². The summed E-state index contributed by atoms with van der Waals surface area (Å²) in [4.78, 5) is 0. The summed E-state index contributed by atoms with van der Waals surface area (Å²) in [6, 6.07) is 3.85. The van der Waals surface area contributed by atoms with Crippen LogP contribution in [0.4, 0.5) is 0 Å². The lowest BCUT2D eigenvalue weighted by atomic mass is 10.00. The predicted octanol–water partition coefficient (Wildman–Crippen LogP) is 5.30. The first-order chi connectivity index (χ1) is 8.97. The Balaban J connectivity index is 2.77. The molecule has 0 radical (unpaired) electrons. The Hall–Kier alpha value is -0.410. The fourth-order valence-electron chi connectivity index (χ4n) is 2.09.